The highest BCUT2D eigenvalue weighted by Gasteiger charge is 2.15. The standard InChI is InChI=1S/C15H16BrF2N3/c1-3-19-14-12(17)8-13(18)15(20-14)21(2)9-10-4-6-11(16)7-5-10/h4-8H,3,9H2,1-2H3,(H,19,20). The predicted octanol–water partition coefficient (Wildman–Crippen LogP) is 4.19. The van der Waals surface area contributed by atoms with Gasteiger partial charge in [0.25, 0.3) is 0 Å². The molecular weight excluding hydrogens is 340 g/mol. The van der Waals surface area contributed by atoms with Gasteiger partial charge in [-0.3, -0.25) is 0 Å². The zero-order valence-corrected chi connectivity index (χ0v) is 13.4. The second kappa shape index (κ2) is 6.85. The number of anilines is 2. The first-order valence-electron chi connectivity index (χ1n) is 6.56. The molecule has 1 heterocycles. The van der Waals surface area contributed by atoms with Crippen LogP contribution in [-0.2, 0) is 6.54 Å². The van der Waals surface area contributed by atoms with Crippen molar-refractivity contribution in [1.29, 1.82) is 0 Å². The van der Waals surface area contributed by atoms with Gasteiger partial charge >= 0.3 is 0 Å². The van der Waals surface area contributed by atoms with E-state index in [0.29, 0.717) is 13.1 Å². The molecule has 0 spiro atoms. The maximum absolute atomic E-state index is 13.9. The molecule has 0 amide bonds. The Morgan fingerprint density at radius 1 is 1.19 bits per heavy atom. The lowest BCUT2D eigenvalue weighted by molar-refractivity contribution is 0.572. The highest BCUT2D eigenvalue weighted by Crippen LogP contribution is 2.23. The van der Waals surface area contributed by atoms with Gasteiger partial charge in [0, 0.05) is 30.7 Å². The molecule has 6 heteroatoms. The third-order valence-corrected chi connectivity index (χ3v) is 3.48. The normalized spacial score (nSPS) is 10.5. The Morgan fingerprint density at radius 2 is 1.86 bits per heavy atom. The summed E-state index contributed by atoms with van der Waals surface area (Å²) in [5.41, 5.74) is 1.01. The Labute approximate surface area is 131 Å². The van der Waals surface area contributed by atoms with E-state index in [0.717, 1.165) is 16.1 Å². The van der Waals surface area contributed by atoms with E-state index in [1.807, 2.05) is 31.2 Å². The van der Waals surface area contributed by atoms with Crippen molar-refractivity contribution in [2.75, 3.05) is 23.8 Å². The Hall–Kier alpha value is -1.69. The lowest BCUT2D eigenvalue weighted by Gasteiger charge is -2.20. The summed E-state index contributed by atoms with van der Waals surface area (Å²) < 4.78 is 28.5. The van der Waals surface area contributed by atoms with Crippen molar-refractivity contribution in [3.63, 3.8) is 0 Å². The summed E-state index contributed by atoms with van der Waals surface area (Å²) in [5.74, 6) is -1.17. The number of nitrogens with zero attached hydrogens (tertiary/aromatic N) is 2. The van der Waals surface area contributed by atoms with Crippen LogP contribution in [0.5, 0.6) is 0 Å². The molecule has 0 saturated heterocycles. The average Bonchev–Trinajstić information content (AvgIpc) is 2.44. The summed E-state index contributed by atoms with van der Waals surface area (Å²) in [7, 11) is 1.72. The van der Waals surface area contributed by atoms with Gasteiger partial charge in [-0.05, 0) is 24.6 Å². The Balaban J connectivity index is 2.23. The number of halogens is 3. The molecule has 2 rings (SSSR count). The molecule has 0 bridgehead atoms. The van der Waals surface area contributed by atoms with Crippen molar-refractivity contribution in [3.8, 4) is 0 Å². The van der Waals surface area contributed by atoms with Crippen LogP contribution < -0.4 is 10.2 Å². The van der Waals surface area contributed by atoms with Crippen molar-refractivity contribution >= 4 is 27.6 Å². The minimum absolute atomic E-state index is 0.0663. The number of hydrogen-bond donors (Lipinski definition) is 1. The molecule has 0 aliphatic heterocycles. The predicted molar refractivity (Wildman–Crippen MR) is 84.6 cm³/mol. The van der Waals surface area contributed by atoms with Crippen LogP contribution in [0.3, 0.4) is 0 Å². The fraction of sp³-hybridized carbons (Fsp3) is 0.267. The van der Waals surface area contributed by atoms with E-state index in [4.69, 9.17) is 0 Å². The van der Waals surface area contributed by atoms with Gasteiger partial charge in [-0.25, -0.2) is 13.8 Å². The van der Waals surface area contributed by atoms with E-state index >= 15 is 0 Å². The SMILES string of the molecule is CCNc1nc(N(C)Cc2ccc(Br)cc2)c(F)cc1F. The first-order valence-corrected chi connectivity index (χ1v) is 7.36. The van der Waals surface area contributed by atoms with Gasteiger partial charge in [-0.15, -0.1) is 0 Å². The fourth-order valence-corrected chi connectivity index (χ4v) is 2.22. The molecular formula is C15H16BrF2N3. The molecule has 112 valence electrons. The minimum Gasteiger partial charge on any atom is -0.368 e. The largest absolute Gasteiger partial charge is 0.368 e. The minimum atomic E-state index is -0.685. The van der Waals surface area contributed by atoms with Gasteiger partial charge in [-0.1, -0.05) is 28.1 Å². The average molecular weight is 356 g/mol. The van der Waals surface area contributed by atoms with Crippen LogP contribution in [0.25, 0.3) is 0 Å². The van der Waals surface area contributed by atoms with Crippen LogP contribution in [0.2, 0.25) is 0 Å². The number of benzene rings is 1. The van der Waals surface area contributed by atoms with Crippen LogP contribution in [0.1, 0.15) is 12.5 Å². The van der Waals surface area contributed by atoms with E-state index < -0.39 is 11.6 Å². The number of aromatic nitrogens is 1. The van der Waals surface area contributed by atoms with Crippen LogP contribution in [0, 0.1) is 11.6 Å². The first-order chi connectivity index (χ1) is 10.0. The third-order valence-electron chi connectivity index (χ3n) is 2.95. The molecule has 21 heavy (non-hydrogen) atoms. The molecule has 3 nitrogen and oxygen atoms in total. The van der Waals surface area contributed by atoms with Crippen molar-refractivity contribution in [3.05, 3.63) is 52.0 Å². The summed E-state index contributed by atoms with van der Waals surface area (Å²) in [6, 6.07) is 8.57. The zero-order valence-electron chi connectivity index (χ0n) is 11.8. The van der Waals surface area contributed by atoms with E-state index in [-0.39, 0.29) is 11.6 Å². The highest BCUT2D eigenvalue weighted by atomic mass is 79.9. The van der Waals surface area contributed by atoms with Crippen LogP contribution >= 0.6 is 15.9 Å². The molecule has 0 aliphatic rings. The van der Waals surface area contributed by atoms with Crippen molar-refractivity contribution in [1.82, 2.24) is 4.98 Å². The zero-order chi connectivity index (χ0) is 15.4. The molecule has 0 fully saturated rings. The number of pyridine rings is 1. The maximum Gasteiger partial charge on any atom is 0.168 e. The second-order valence-electron chi connectivity index (χ2n) is 4.64. The van der Waals surface area contributed by atoms with E-state index in [9.17, 15) is 8.78 Å². The third kappa shape index (κ3) is 3.91. The summed E-state index contributed by atoms with van der Waals surface area (Å²) in [6.45, 7) is 2.83. The highest BCUT2D eigenvalue weighted by molar-refractivity contribution is 9.10. The lowest BCUT2D eigenvalue weighted by atomic mass is 10.2. The van der Waals surface area contributed by atoms with Gasteiger partial charge in [0.15, 0.2) is 23.3 Å². The van der Waals surface area contributed by atoms with Crippen LogP contribution in [0.4, 0.5) is 20.4 Å². The molecule has 2 aromatic rings. The Bertz CT molecular complexity index is 617. The van der Waals surface area contributed by atoms with Crippen LogP contribution in [-0.4, -0.2) is 18.6 Å². The first kappa shape index (κ1) is 15.7. The topological polar surface area (TPSA) is 28.2 Å². The van der Waals surface area contributed by atoms with Crippen molar-refractivity contribution in [2.45, 2.75) is 13.5 Å². The van der Waals surface area contributed by atoms with Gasteiger partial charge in [-0.2, -0.15) is 0 Å². The van der Waals surface area contributed by atoms with E-state index in [1.54, 1.807) is 11.9 Å². The Kier molecular flexibility index (Phi) is 5.12. The van der Waals surface area contributed by atoms with Crippen LogP contribution in [0.15, 0.2) is 34.8 Å². The van der Waals surface area contributed by atoms with Gasteiger partial charge in [0.1, 0.15) is 0 Å². The second-order valence-corrected chi connectivity index (χ2v) is 5.55. The van der Waals surface area contributed by atoms with E-state index in [2.05, 4.69) is 26.2 Å². The number of rotatable bonds is 5. The fourth-order valence-electron chi connectivity index (χ4n) is 1.95. The summed E-state index contributed by atoms with van der Waals surface area (Å²) in [4.78, 5) is 5.68. The molecule has 0 radical (unpaired) electrons. The van der Waals surface area contributed by atoms with Gasteiger partial charge < -0.3 is 10.2 Å². The summed E-state index contributed by atoms with van der Waals surface area (Å²) in [6.07, 6.45) is 0. The molecule has 0 unspecified atom stereocenters. The van der Waals surface area contributed by atoms with Crippen molar-refractivity contribution < 1.29 is 8.78 Å². The molecule has 1 aromatic carbocycles. The molecule has 0 atom stereocenters. The smallest absolute Gasteiger partial charge is 0.168 e. The maximum atomic E-state index is 13.9. The quantitative estimate of drug-likeness (QED) is 0.871. The Morgan fingerprint density at radius 3 is 2.48 bits per heavy atom. The van der Waals surface area contributed by atoms with Gasteiger partial charge in [0.05, 0.1) is 0 Å². The monoisotopic (exact) mass is 355 g/mol. The van der Waals surface area contributed by atoms with Crippen molar-refractivity contribution in [2.24, 2.45) is 0 Å². The summed E-state index contributed by atoms with van der Waals surface area (Å²) in [5, 5.41) is 2.78. The van der Waals surface area contributed by atoms with E-state index in [1.165, 1.54) is 0 Å². The lowest BCUT2D eigenvalue weighted by Crippen LogP contribution is -2.20. The number of hydrogen-bond acceptors (Lipinski definition) is 3. The van der Waals surface area contributed by atoms with Gasteiger partial charge in [0.2, 0.25) is 0 Å². The summed E-state index contributed by atoms with van der Waals surface area (Å²) >= 11 is 3.37. The molecule has 1 N–H and O–H groups in total. The number of nitrogens with one attached hydrogen (secondary N) is 1. The molecule has 1 aromatic heterocycles. The molecule has 0 aliphatic carbocycles. The molecule has 0 saturated carbocycles.